The summed E-state index contributed by atoms with van der Waals surface area (Å²) < 4.78 is 24.4. The number of hydrogen-bond donors (Lipinski definition) is 1. The maximum Gasteiger partial charge on any atom is 0.326 e. The average Bonchev–Trinajstić information content (AvgIpc) is 2.86. The molecule has 7 nitrogen and oxygen atoms in total. The van der Waals surface area contributed by atoms with Gasteiger partial charge < -0.3 is 10.0 Å². The van der Waals surface area contributed by atoms with Crippen molar-refractivity contribution in [3.05, 3.63) is 0 Å². The second kappa shape index (κ2) is 5.69. The number of sulfonamides is 1. The molecule has 2 heterocycles. The predicted molar refractivity (Wildman–Crippen MR) is 71.5 cm³/mol. The lowest BCUT2D eigenvalue weighted by atomic mass is 9.97. The molecule has 1 N–H and O–H groups in total. The molecule has 1 amide bonds. The van der Waals surface area contributed by atoms with E-state index < -0.39 is 28.0 Å². The number of rotatable bonds is 3. The van der Waals surface area contributed by atoms with Gasteiger partial charge in [0.25, 0.3) is 0 Å². The zero-order chi connectivity index (χ0) is 14.9. The Labute approximate surface area is 118 Å². The first kappa shape index (κ1) is 15.2. The van der Waals surface area contributed by atoms with E-state index in [0.29, 0.717) is 38.8 Å². The van der Waals surface area contributed by atoms with Crippen LogP contribution in [0.15, 0.2) is 0 Å². The van der Waals surface area contributed by atoms with Crippen LogP contribution in [0.25, 0.3) is 0 Å². The molecule has 0 spiro atoms. The van der Waals surface area contributed by atoms with Crippen molar-refractivity contribution in [2.24, 2.45) is 5.92 Å². The molecule has 2 aliphatic heterocycles. The van der Waals surface area contributed by atoms with Gasteiger partial charge in [-0.15, -0.1) is 0 Å². The summed E-state index contributed by atoms with van der Waals surface area (Å²) in [5, 5.41) is 9.11. The first-order chi connectivity index (χ1) is 9.30. The van der Waals surface area contributed by atoms with Crippen molar-refractivity contribution in [1.82, 2.24) is 9.21 Å². The van der Waals surface area contributed by atoms with E-state index in [1.807, 2.05) is 0 Å². The van der Waals surface area contributed by atoms with Crippen molar-refractivity contribution in [3.8, 4) is 0 Å². The standard InChI is InChI=1S/C12H20N2O5S/c1-20(18,19)13-6-2-4-9(8-13)11(15)14-7-3-5-10(14)12(16)17/h9-10H,2-8H2,1H3,(H,16,17)/t9?,10-/m1/s1. The zero-order valence-electron chi connectivity index (χ0n) is 11.5. The Morgan fingerprint density at radius 2 is 1.80 bits per heavy atom. The summed E-state index contributed by atoms with van der Waals surface area (Å²) in [4.78, 5) is 25.0. The highest BCUT2D eigenvalue weighted by Gasteiger charge is 2.39. The number of carbonyl (C=O) groups is 2. The van der Waals surface area contributed by atoms with Gasteiger partial charge in [-0.25, -0.2) is 17.5 Å². The molecule has 0 radical (unpaired) electrons. The summed E-state index contributed by atoms with van der Waals surface area (Å²) in [6, 6.07) is -0.754. The number of carboxylic acid groups (broad SMARTS) is 1. The summed E-state index contributed by atoms with van der Waals surface area (Å²) in [6.07, 6.45) is 3.55. The number of amides is 1. The van der Waals surface area contributed by atoms with Crippen LogP contribution in [0.1, 0.15) is 25.7 Å². The Morgan fingerprint density at radius 1 is 1.15 bits per heavy atom. The van der Waals surface area contributed by atoms with Crippen molar-refractivity contribution in [2.75, 3.05) is 25.9 Å². The average molecular weight is 304 g/mol. The molecule has 20 heavy (non-hydrogen) atoms. The molecule has 8 heteroatoms. The lowest BCUT2D eigenvalue weighted by Gasteiger charge is -2.33. The molecule has 0 bridgehead atoms. The van der Waals surface area contributed by atoms with Gasteiger partial charge in [-0.3, -0.25) is 4.79 Å². The summed E-state index contributed by atoms with van der Waals surface area (Å²) in [7, 11) is -3.30. The quantitative estimate of drug-likeness (QED) is 0.774. The predicted octanol–water partition coefficient (Wildman–Crippen LogP) is -0.266. The smallest absolute Gasteiger partial charge is 0.326 e. The Balaban J connectivity index is 2.07. The molecule has 2 fully saturated rings. The van der Waals surface area contributed by atoms with Crippen molar-refractivity contribution in [2.45, 2.75) is 31.7 Å². The maximum atomic E-state index is 12.4. The molecule has 2 aliphatic rings. The van der Waals surface area contributed by atoms with E-state index in [2.05, 4.69) is 0 Å². The minimum Gasteiger partial charge on any atom is -0.480 e. The van der Waals surface area contributed by atoms with Crippen LogP contribution in [0.2, 0.25) is 0 Å². The van der Waals surface area contributed by atoms with E-state index in [1.165, 1.54) is 9.21 Å². The highest BCUT2D eigenvalue weighted by molar-refractivity contribution is 7.88. The third-order valence-corrected chi connectivity index (χ3v) is 5.29. The molecule has 1 unspecified atom stereocenters. The number of aliphatic carboxylic acids is 1. The lowest BCUT2D eigenvalue weighted by molar-refractivity contribution is -0.150. The van der Waals surface area contributed by atoms with Crippen LogP contribution in [0.4, 0.5) is 0 Å². The molecule has 2 atom stereocenters. The van der Waals surface area contributed by atoms with Gasteiger partial charge in [0.15, 0.2) is 0 Å². The summed E-state index contributed by atoms with van der Waals surface area (Å²) in [6.45, 7) is 1.05. The first-order valence-corrected chi connectivity index (χ1v) is 8.64. The highest BCUT2D eigenvalue weighted by Crippen LogP contribution is 2.25. The molecule has 2 saturated heterocycles. The molecule has 0 aliphatic carbocycles. The molecule has 0 aromatic carbocycles. The monoisotopic (exact) mass is 304 g/mol. The molecule has 2 rings (SSSR count). The van der Waals surface area contributed by atoms with Crippen molar-refractivity contribution >= 4 is 21.9 Å². The van der Waals surface area contributed by atoms with Crippen molar-refractivity contribution in [3.63, 3.8) is 0 Å². The lowest BCUT2D eigenvalue weighted by Crippen LogP contribution is -2.49. The number of carboxylic acids is 1. The fraction of sp³-hybridized carbons (Fsp3) is 0.833. The van der Waals surface area contributed by atoms with E-state index in [-0.39, 0.29) is 12.5 Å². The number of nitrogens with zero attached hydrogens (tertiary/aromatic N) is 2. The maximum absolute atomic E-state index is 12.4. The summed E-state index contributed by atoms with van der Waals surface area (Å²) >= 11 is 0. The molecule has 0 aromatic rings. The number of piperidine rings is 1. The van der Waals surface area contributed by atoms with Gasteiger partial charge in [0.05, 0.1) is 12.2 Å². The fourth-order valence-corrected chi connectivity index (χ4v) is 3.88. The molecule has 0 aromatic heterocycles. The Kier molecular flexibility index (Phi) is 4.33. The van der Waals surface area contributed by atoms with E-state index in [9.17, 15) is 18.0 Å². The van der Waals surface area contributed by atoms with E-state index >= 15 is 0 Å². The minimum absolute atomic E-state index is 0.167. The molecular weight excluding hydrogens is 284 g/mol. The SMILES string of the molecule is CS(=O)(=O)N1CCCC(C(=O)N2CCC[C@@H]2C(=O)O)C1. The van der Waals surface area contributed by atoms with Crippen LogP contribution < -0.4 is 0 Å². The topological polar surface area (TPSA) is 95.0 Å². The third-order valence-electron chi connectivity index (χ3n) is 4.02. The second-order valence-electron chi connectivity index (χ2n) is 5.49. The van der Waals surface area contributed by atoms with E-state index in [1.54, 1.807) is 0 Å². The van der Waals surface area contributed by atoms with Crippen LogP contribution in [0.5, 0.6) is 0 Å². The Hall–Kier alpha value is -1.15. The summed E-state index contributed by atoms with van der Waals surface area (Å²) in [5.74, 6) is -1.62. The van der Waals surface area contributed by atoms with E-state index in [4.69, 9.17) is 5.11 Å². The van der Waals surface area contributed by atoms with Crippen LogP contribution in [0.3, 0.4) is 0 Å². The minimum atomic E-state index is -3.30. The molecular formula is C12H20N2O5S. The van der Waals surface area contributed by atoms with Crippen molar-refractivity contribution in [1.29, 1.82) is 0 Å². The van der Waals surface area contributed by atoms with Gasteiger partial charge in [-0.1, -0.05) is 0 Å². The van der Waals surface area contributed by atoms with E-state index in [0.717, 1.165) is 6.26 Å². The van der Waals surface area contributed by atoms with Crippen LogP contribution in [0, 0.1) is 5.92 Å². The Bertz CT molecular complexity index is 504. The normalized spacial score (nSPS) is 28.6. The highest BCUT2D eigenvalue weighted by atomic mass is 32.2. The number of likely N-dealkylation sites (tertiary alicyclic amines) is 1. The third kappa shape index (κ3) is 3.12. The largest absolute Gasteiger partial charge is 0.480 e. The molecule has 114 valence electrons. The number of carbonyl (C=O) groups excluding carboxylic acids is 1. The Morgan fingerprint density at radius 3 is 2.40 bits per heavy atom. The van der Waals surface area contributed by atoms with Gasteiger partial charge in [0.2, 0.25) is 15.9 Å². The second-order valence-corrected chi connectivity index (χ2v) is 7.47. The van der Waals surface area contributed by atoms with Crippen LogP contribution in [-0.2, 0) is 19.6 Å². The zero-order valence-corrected chi connectivity index (χ0v) is 12.3. The van der Waals surface area contributed by atoms with Gasteiger partial charge in [-0.2, -0.15) is 0 Å². The van der Waals surface area contributed by atoms with Crippen molar-refractivity contribution < 1.29 is 23.1 Å². The van der Waals surface area contributed by atoms with Crippen LogP contribution in [-0.4, -0.2) is 66.5 Å². The van der Waals surface area contributed by atoms with Crippen LogP contribution >= 0.6 is 0 Å². The van der Waals surface area contributed by atoms with Gasteiger partial charge >= 0.3 is 5.97 Å². The summed E-state index contributed by atoms with van der Waals surface area (Å²) in [5.41, 5.74) is 0. The van der Waals surface area contributed by atoms with Gasteiger partial charge in [0, 0.05) is 19.6 Å². The van der Waals surface area contributed by atoms with Gasteiger partial charge in [0.1, 0.15) is 6.04 Å². The number of hydrogen-bond acceptors (Lipinski definition) is 4. The first-order valence-electron chi connectivity index (χ1n) is 6.79. The molecule has 0 saturated carbocycles. The van der Waals surface area contributed by atoms with Gasteiger partial charge in [-0.05, 0) is 25.7 Å². The fourth-order valence-electron chi connectivity index (χ4n) is 2.97.